The Kier molecular flexibility index (Phi) is 5.58. The summed E-state index contributed by atoms with van der Waals surface area (Å²) in [5, 5.41) is 10.5. The lowest BCUT2D eigenvalue weighted by atomic mass is 9.73. The van der Waals surface area contributed by atoms with Crippen molar-refractivity contribution >= 4 is 28.6 Å². The van der Waals surface area contributed by atoms with Gasteiger partial charge in [-0.1, -0.05) is 36.0 Å². The Morgan fingerprint density at radius 2 is 2.15 bits per heavy atom. The lowest BCUT2D eigenvalue weighted by Crippen LogP contribution is -2.31. The maximum atomic E-state index is 12.7. The van der Waals surface area contributed by atoms with E-state index in [0.717, 1.165) is 29.7 Å². The summed E-state index contributed by atoms with van der Waals surface area (Å²) in [7, 11) is 1.34. The zero-order valence-electron chi connectivity index (χ0n) is 14.8. The highest BCUT2D eigenvalue weighted by molar-refractivity contribution is 8.14. The number of aliphatic imine (C=N–C) groups is 1. The van der Waals surface area contributed by atoms with Crippen LogP contribution in [0.15, 0.2) is 40.5 Å². The van der Waals surface area contributed by atoms with Crippen LogP contribution in [-0.4, -0.2) is 29.7 Å². The third-order valence-corrected chi connectivity index (χ3v) is 5.83. The molecule has 0 amide bonds. The van der Waals surface area contributed by atoms with Crippen LogP contribution in [0.1, 0.15) is 36.3 Å². The van der Waals surface area contributed by atoms with Crippen LogP contribution in [0.25, 0.3) is 0 Å². The van der Waals surface area contributed by atoms with Crippen molar-refractivity contribution in [2.45, 2.75) is 32.1 Å². The number of nitriles is 1. The smallest absolute Gasteiger partial charge is 0.316 e. The van der Waals surface area contributed by atoms with Crippen molar-refractivity contribution in [3.63, 3.8) is 0 Å². The molecule has 6 heteroatoms. The van der Waals surface area contributed by atoms with E-state index in [0.29, 0.717) is 17.0 Å². The third-order valence-electron chi connectivity index (χ3n) is 4.81. The lowest BCUT2D eigenvalue weighted by Gasteiger charge is -2.33. The number of ether oxygens (including phenoxy) is 1. The molecule has 1 heterocycles. The van der Waals surface area contributed by atoms with Crippen LogP contribution >= 0.6 is 11.8 Å². The Bertz CT molecular complexity index is 851. The van der Waals surface area contributed by atoms with Crippen molar-refractivity contribution in [3.05, 3.63) is 46.7 Å². The number of ketones is 1. The number of nitrogens with zero attached hydrogens (tertiary/aromatic N) is 2. The quantitative estimate of drug-likeness (QED) is 0.762. The fourth-order valence-corrected chi connectivity index (χ4v) is 4.47. The fraction of sp³-hybridized carbons (Fsp3) is 0.400. The second kappa shape index (κ2) is 7.88. The van der Waals surface area contributed by atoms with Crippen LogP contribution in [0, 0.1) is 24.2 Å². The van der Waals surface area contributed by atoms with E-state index in [1.54, 1.807) is 0 Å². The molecular formula is C20H20N2O3S. The molecule has 1 aliphatic heterocycles. The summed E-state index contributed by atoms with van der Waals surface area (Å²) in [5.41, 5.74) is 3.47. The number of esters is 1. The van der Waals surface area contributed by atoms with E-state index < -0.39 is 5.92 Å². The maximum Gasteiger partial charge on any atom is 0.316 e. The largest absolute Gasteiger partial charge is 0.468 e. The highest BCUT2D eigenvalue weighted by atomic mass is 32.2. The van der Waals surface area contributed by atoms with Gasteiger partial charge in [-0.15, -0.1) is 0 Å². The molecule has 26 heavy (non-hydrogen) atoms. The van der Waals surface area contributed by atoms with Gasteiger partial charge >= 0.3 is 5.97 Å². The lowest BCUT2D eigenvalue weighted by molar-refractivity contribution is -0.137. The summed E-state index contributed by atoms with van der Waals surface area (Å²) < 4.78 is 4.70. The standard InChI is InChI=1S/C20H20N2O3S/c1-12-6-3-4-7-13(12)18-14(10-21)20(26-11-17(24)25-2)22-15-8-5-9-16(23)19(15)18/h3-4,6-7,14,18H,5,8-9,11H2,1-2H3/t14?,18-/m1/s1. The van der Waals surface area contributed by atoms with Gasteiger partial charge in [0.2, 0.25) is 0 Å². The van der Waals surface area contributed by atoms with Gasteiger partial charge in [0.1, 0.15) is 5.92 Å². The number of rotatable bonds is 3. The number of aryl methyl sites for hydroxylation is 1. The first-order valence-corrected chi connectivity index (χ1v) is 9.55. The molecule has 0 saturated carbocycles. The van der Waals surface area contributed by atoms with Crippen LogP contribution in [0.2, 0.25) is 0 Å². The molecule has 5 nitrogen and oxygen atoms in total. The Morgan fingerprint density at radius 3 is 2.85 bits per heavy atom. The molecule has 0 bridgehead atoms. The van der Waals surface area contributed by atoms with Crippen molar-refractivity contribution in [3.8, 4) is 6.07 Å². The van der Waals surface area contributed by atoms with E-state index in [1.165, 1.54) is 18.9 Å². The number of methoxy groups -OCH3 is 1. The number of hydrogen-bond donors (Lipinski definition) is 0. The van der Waals surface area contributed by atoms with Gasteiger partial charge in [-0.25, -0.2) is 4.99 Å². The molecule has 134 valence electrons. The average molecular weight is 368 g/mol. The van der Waals surface area contributed by atoms with Crippen LogP contribution in [-0.2, 0) is 14.3 Å². The van der Waals surface area contributed by atoms with E-state index in [1.807, 2.05) is 31.2 Å². The van der Waals surface area contributed by atoms with Crippen molar-refractivity contribution in [1.29, 1.82) is 5.26 Å². The van der Waals surface area contributed by atoms with Gasteiger partial charge < -0.3 is 4.74 Å². The molecule has 0 aromatic heterocycles. The van der Waals surface area contributed by atoms with Gasteiger partial charge in [0, 0.05) is 23.6 Å². The summed E-state index contributed by atoms with van der Waals surface area (Å²) in [6.45, 7) is 1.99. The van der Waals surface area contributed by atoms with Crippen molar-refractivity contribution < 1.29 is 14.3 Å². The van der Waals surface area contributed by atoms with Crippen molar-refractivity contribution in [2.75, 3.05) is 12.9 Å². The molecule has 0 spiro atoms. The average Bonchev–Trinajstić information content (AvgIpc) is 2.65. The number of Topliss-reactive ketones (excluding diaryl/α,β-unsaturated/α-hetero) is 1. The first-order valence-electron chi connectivity index (χ1n) is 8.56. The van der Waals surface area contributed by atoms with Gasteiger partial charge in [-0.3, -0.25) is 9.59 Å². The van der Waals surface area contributed by atoms with Crippen LogP contribution in [0.5, 0.6) is 0 Å². The van der Waals surface area contributed by atoms with Gasteiger partial charge in [0.15, 0.2) is 5.78 Å². The monoisotopic (exact) mass is 368 g/mol. The van der Waals surface area contributed by atoms with E-state index in [-0.39, 0.29) is 23.4 Å². The normalized spacial score (nSPS) is 22.3. The van der Waals surface area contributed by atoms with Crippen LogP contribution in [0.4, 0.5) is 0 Å². The summed E-state index contributed by atoms with van der Waals surface area (Å²) in [6.07, 6.45) is 2.00. The predicted molar refractivity (Wildman–Crippen MR) is 101 cm³/mol. The molecule has 0 N–H and O–H groups in total. The molecular weight excluding hydrogens is 348 g/mol. The minimum absolute atomic E-state index is 0.0838. The second-order valence-electron chi connectivity index (χ2n) is 6.39. The first-order chi connectivity index (χ1) is 12.6. The van der Waals surface area contributed by atoms with Gasteiger partial charge in [0.25, 0.3) is 0 Å². The molecule has 1 aliphatic carbocycles. The topological polar surface area (TPSA) is 79.5 Å². The molecule has 0 saturated heterocycles. The van der Waals surface area contributed by atoms with Crippen LogP contribution < -0.4 is 0 Å². The summed E-state index contributed by atoms with van der Waals surface area (Å²) >= 11 is 1.23. The molecule has 2 atom stereocenters. The minimum atomic E-state index is -0.577. The number of allylic oxidation sites excluding steroid dienone is 2. The number of carbonyl (C=O) groups excluding carboxylic acids is 2. The minimum Gasteiger partial charge on any atom is -0.468 e. The van der Waals surface area contributed by atoms with Crippen molar-refractivity contribution in [1.82, 2.24) is 0 Å². The zero-order valence-corrected chi connectivity index (χ0v) is 15.6. The van der Waals surface area contributed by atoms with Gasteiger partial charge in [-0.2, -0.15) is 5.26 Å². The molecule has 0 fully saturated rings. The summed E-state index contributed by atoms with van der Waals surface area (Å²) in [5.74, 6) is -1.08. The van der Waals surface area contributed by atoms with E-state index in [9.17, 15) is 14.9 Å². The Labute approximate surface area is 157 Å². The van der Waals surface area contributed by atoms with E-state index >= 15 is 0 Å². The Hall–Kier alpha value is -2.39. The highest BCUT2D eigenvalue weighted by Crippen LogP contribution is 2.45. The van der Waals surface area contributed by atoms with Gasteiger partial charge in [-0.05, 0) is 30.9 Å². The highest BCUT2D eigenvalue weighted by Gasteiger charge is 2.41. The SMILES string of the molecule is COC(=O)CSC1=NC2=C(C(=O)CCC2)[C@H](c2ccccc2C)C1C#N. The summed E-state index contributed by atoms with van der Waals surface area (Å²) in [6, 6.07) is 10.2. The van der Waals surface area contributed by atoms with Crippen LogP contribution in [0.3, 0.4) is 0 Å². The van der Waals surface area contributed by atoms with Crippen molar-refractivity contribution in [2.24, 2.45) is 10.9 Å². The number of thioether (sulfide) groups is 1. The predicted octanol–water partition coefficient (Wildman–Crippen LogP) is 3.54. The maximum absolute atomic E-state index is 12.7. The van der Waals surface area contributed by atoms with Gasteiger partial charge in [0.05, 0.1) is 24.0 Å². The Morgan fingerprint density at radius 1 is 1.38 bits per heavy atom. The van der Waals surface area contributed by atoms with E-state index in [4.69, 9.17) is 4.74 Å². The Balaban J connectivity index is 2.09. The third kappa shape index (κ3) is 3.45. The molecule has 1 aromatic rings. The number of carbonyl (C=O) groups is 2. The number of benzene rings is 1. The molecule has 1 aromatic carbocycles. The molecule has 0 radical (unpaired) electrons. The number of hydrogen-bond acceptors (Lipinski definition) is 6. The fourth-order valence-electron chi connectivity index (χ4n) is 3.54. The first kappa shape index (κ1) is 18.4. The molecule has 3 rings (SSSR count). The zero-order chi connectivity index (χ0) is 18.7. The summed E-state index contributed by atoms with van der Waals surface area (Å²) in [4.78, 5) is 28.9. The molecule has 2 aliphatic rings. The molecule has 1 unspecified atom stereocenters. The van der Waals surface area contributed by atoms with E-state index in [2.05, 4.69) is 11.1 Å². The second-order valence-corrected chi connectivity index (χ2v) is 7.39.